The van der Waals surface area contributed by atoms with Crippen LogP contribution in [-0.2, 0) is 10.8 Å². The first kappa shape index (κ1) is 24.0. The summed E-state index contributed by atoms with van der Waals surface area (Å²) >= 11 is 12.6. The Bertz CT molecular complexity index is 814. The average Bonchev–Trinajstić information content (AvgIpc) is 2.62. The minimum absolute atomic E-state index is 0.0884. The van der Waals surface area contributed by atoms with E-state index in [9.17, 15) is 0 Å². The van der Waals surface area contributed by atoms with Crippen LogP contribution in [0, 0.1) is 0 Å². The third-order valence-electron chi connectivity index (χ3n) is 5.67. The van der Waals surface area contributed by atoms with Crippen molar-refractivity contribution in [3.05, 3.63) is 57.6 Å². The molecule has 1 unspecified atom stereocenters. The minimum Gasteiger partial charge on any atom is -0.409 e. The lowest BCUT2D eigenvalue weighted by Crippen LogP contribution is -2.43. The SMILES string of the molecule is CC(C)(C)[Si](C)(C)OC(CNCCc1ccccc1N)c1cc(Cl)c(N)c(Cl)c1. The van der Waals surface area contributed by atoms with Crippen LogP contribution in [0.3, 0.4) is 0 Å². The van der Waals surface area contributed by atoms with Gasteiger partial charge in [0.15, 0.2) is 8.32 Å². The molecule has 0 saturated carbocycles. The molecule has 4 nitrogen and oxygen atoms in total. The second-order valence-corrected chi connectivity index (χ2v) is 14.5. The van der Waals surface area contributed by atoms with E-state index in [1.165, 1.54) is 0 Å². The van der Waals surface area contributed by atoms with E-state index < -0.39 is 8.32 Å². The smallest absolute Gasteiger partial charge is 0.192 e. The van der Waals surface area contributed by atoms with E-state index >= 15 is 0 Å². The molecule has 0 spiro atoms. The highest BCUT2D eigenvalue weighted by Crippen LogP contribution is 2.41. The van der Waals surface area contributed by atoms with Crippen LogP contribution in [0.2, 0.25) is 28.2 Å². The summed E-state index contributed by atoms with van der Waals surface area (Å²) < 4.78 is 6.71. The molecule has 0 aliphatic heterocycles. The molecule has 160 valence electrons. The Hall–Kier alpha value is -1.24. The van der Waals surface area contributed by atoms with Gasteiger partial charge in [-0.15, -0.1) is 0 Å². The second-order valence-electron chi connectivity index (χ2n) is 8.92. The van der Waals surface area contributed by atoms with Crippen LogP contribution in [0.1, 0.15) is 38.0 Å². The molecular weight excluding hydrogens is 421 g/mol. The highest BCUT2D eigenvalue weighted by Gasteiger charge is 2.39. The second kappa shape index (κ2) is 9.71. The molecule has 2 aromatic carbocycles. The van der Waals surface area contributed by atoms with E-state index in [4.69, 9.17) is 39.1 Å². The molecule has 0 aliphatic rings. The Balaban J connectivity index is 2.15. The van der Waals surface area contributed by atoms with Crippen LogP contribution >= 0.6 is 23.2 Å². The molecule has 0 heterocycles. The van der Waals surface area contributed by atoms with Gasteiger partial charge < -0.3 is 21.2 Å². The number of hydrogen-bond donors (Lipinski definition) is 3. The lowest BCUT2D eigenvalue weighted by molar-refractivity contribution is 0.180. The van der Waals surface area contributed by atoms with Crippen LogP contribution in [0.25, 0.3) is 0 Å². The van der Waals surface area contributed by atoms with Crippen LogP contribution in [0.5, 0.6) is 0 Å². The standard InChI is InChI=1S/C22H33Cl2N3OSi/c1-22(2,3)29(4,5)28-20(16-12-17(23)21(26)18(24)13-16)14-27-11-10-15-8-6-7-9-19(15)25/h6-9,12-13,20,27H,10-11,14,25-26H2,1-5H3. The zero-order valence-electron chi connectivity index (χ0n) is 18.0. The summed E-state index contributed by atoms with van der Waals surface area (Å²) in [5.41, 5.74) is 15.3. The molecule has 0 bridgehead atoms. The Morgan fingerprint density at radius 1 is 1.07 bits per heavy atom. The number of nitrogen functional groups attached to an aromatic ring is 2. The number of nitrogens with one attached hydrogen (secondary N) is 1. The first-order valence-electron chi connectivity index (χ1n) is 9.88. The van der Waals surface area contributed by atoms with Gasteiger partial charge in [0.25, 0.3) is 0 Å². The first-order chi connectivity index (χ1) is 13.4. The van der Waals surface area contributed by atoms with E-state index in [0.717, 1.165) is 29.8 Å². The molecule has 7 heteroatoms. The monoisotopic (exact) mass is 453 g/mol. The van der Waals surface area contributed by atoms with Crippen LogP contribution < -0.4 is 16.8 Å². The van der Waals surface area contributed by atoms with Gasteiger partial charge in [0.05, 0.1) is 21.8 Å². The van der Waals surface area contributed by atoms with Crippen molar-refractivity contribution in [3.63, 3.8) is 0 Å². The maximum absolute atomic E-state index is 6.71. The summed E-state index contributed by atoms with van der Waals surface area (Å²) in [6.07, 6.45) is 0.683. The molecule has 0 radical (unpaired) electrons. The average molecular weight is 455 g/mol. The minimum atomic E-state index is -2.01. The van der Waals surface area contributed by atoms with Crippen molar-refractivity contribution < 1.29 is 4.43 Å². The van der Waals surface area contributed by atoms with E-state index in [2.05, 4.69) is 45.2 Å². The van der Waals surface area contributed by atoms with Crippen molar-refractivity contribution in [1.29, 1.82) is 0 Å². The molecular formula is C22H33Cl2N3OSi. The molecule has 2 aromatic rings. The molecule has 2 rings (SSSR count). The molecule has 5 N–H and O–H groups in total. The third-order valence-corrected chi connectivity index (χ3v) is 10.8. The van der Waals surface area contributed by atoms with Crippen LogP contribution in [0.15, 0.2) is 36.4 Å². The summed E-state index contributed by atoms with van der Waals surface area (Å²) in [6.45, 7) is 12.6. The number of nitrogens with two attached hydrogens (primary N) is 2. The van der Waals surface area contributed by atoms with Gasteiger partial charge >= 0.3 is 0 Å². The predicted octanol–water partition coefficient (Wildman–Crippen LogP) is 6.05. The number of anilines is 2. The topological polar surface area (TPSA) is 73.3 Å². The predicted molar refractivity (Wildman–Crippen MR) is 129 cm³/mol. The molecule has 0 aromatic heterocycles. The Labute approximate surface area is 186 Å². The van der Waals surface area contributed by atoms with Gasteiger partial charge in [0.2, 0.25) is 0 Å². The molecule has 1 atom stereocenters. The molecule has 0 aliphatic carbocycles. The molecule has 29 heavy (non-hydrogen) atoms. The summed E-state index contributed by atoms with van der Waals surface area (Å²) in [5.74, 6) is 0. The fourth-order valence-corrected chi connectivity index (χ4v) is 4.56. The summed E-state index contributed by atoms with van der Waals surface area (Å²) in [4.78, 5) is 0. The molecule has 0 amide bonds. The fourth-order valence-electron chi connectivity index (χ4n) is 2.77. The zero-order chi connectivity index (χ0) is 21.8. The van der Waals surface area contributed by atoms with Gasteiger partial charge in [-0.3, -0.25) is 0 Å². The highest BCUT2D eigenvalue weighted by atomic mass is 35.5. The number of rotatable bonds is 8. The summed E-state index contributed by atoms with van der Waals surface area (Å²) in [6, 6.07) is 11.7. The summed E-state index contributed by atoms with van der Waals surface area (Å²) in [7, 11) is -2.01. The quantitative estimate of drug-likeness (QED) is 0.258. The maximum atomic E-state index is 6.71. The van der Waals surface area contributed by atoms with Crippen LogP contribution in [0.4, 0.5) is 11.4 Å². The Morgan fingerprint density at radius 3 is 2.21 bits per heavy atom. The Morgan fingerprint density at radius 2 is 1.66 bits per heavy atom. The van der Waals surface area contributed by atoms with Gasteiger partial charge in [0, 0.05) is 12.2 Å². The van der Waals surface area contributed by atoms with Gasteiger partial charge in [-0.1, -0.05) is 62.2 Å². The zero-order valence-corrected chi connectivity index (χ0v) is 20.5. The molecule has 0 fully saturated rings. The first-order valence-corrected chi connectivity index (χ1v) is 13.5. The normalized spacial score (nSPS) is 13.5. The van der Waals surface area contributed by atoms with Crippen molar-refractivity contribution in [2.45, 2.75) is 51.4 Å². The van der Waals surface area contributed by atoms with Gasteiger partial charge in [0.1, 0.15) is 0 Å². The van der Waals surface area contributed by atoms with Crippen molar-refractivity contribution in [2.24, 2.45) is 0 Å². The third kappa shape index (κ3) is 6.37. The van der Waals surface area contributed by atoms with Gasteiger partial charge in [-0.25, -0.2) is 0 Å². The number of halogens is 2. The number of benzene rings is 2. The van der Waals surface area contributed by atoms with E-state index in [0.29, 0.717) is 22.3 Å². The lowest BCUT2D eigenvalue weighted by Gasteiger charge is -2.39. The highest BCUT2D eigenvalue weighted by molar-refractivity contribution is 6.74. The van der Waals surface area contributed by atoms with E-state index in [1.54, 1.807) is 0 Å². The van der Waals surface area contributed by atoms with E-state index in [1.807, 2.05) is 30.3 Å². The summed E-state index contributed by atoms with van der Waals surface area (Å²) in [5, 5.41) is 4.50. The van der Waals surface area contributed by atoms with Crippen molar-refractivity contribution >= 4 is 42.9 Å². The number of hydrogen-bond acceptors (Lipinski definition) is 4. The lowest BCUT2D eigenvalue weighted by atomic mass is 10.1. The van der Waals surface area contributed by atoms with Gasteiger partial charge in [-0.2, -0.15) is 0 Å². The molecule has 0 saturated heterocycles. The Kier molecular flexibility index (Phi) is 8.05. The van der Waals surface area contributed by atoms with Crippen molar-refractivity contribution in [1.82, 2.24) is 5.32 Å². The fraction of sp³-hybridized carbons (Fsp3) is 0.455. The van der Waals surface area contributed by atoms with Gasteiger partial charge in [-0.05, 0) is 60.4 Å². The number of para-hydroxylation sites is 1. The maximum Gasteiger partial charge on any atom is 0.192 e. The van der Waals surface area contributed by atoms with Crippen LogP contribution in [-0.4, -0.2) is 21.4 Å². The van der Waals surface area contributed by atoms with Crippen molar-refractivity contribution in [2.75, 3.05) is 24.6 Å². The van der Waals surface area contributed by atoms with E-state index in [-0.39, 0.29) is 11.1 Å². The van der Waals surface area contributed by atoms with Crippen molar-refractivity contribution in [3.8, 4) is 0 Å². The largest absolute Gasteiger partial charge is 0.409 e.